The summed E-state index contributed by atoms with van der Waals surface area (Å²) in [6.45, 7) is -0.251. The Hall–Kier alpha value is -2.55. The van der Waals surface area contributed by atoms with Crippen molar-refractivity contribution in [2.45, 2.75) is 49.0 Å². The van der Waals surface area contributed by atoms with E-state index in [1.165, 1.54) is 12.1 Å². The quantitative estimate of drug-likeness (QED) is 0.572. The first-order valence-corrected chi connectivity index (χ1v) is 11.3. The molecule has 0 aromatic heterocycles. The van der Waals surface area contributed by atoms with Gasteiger partial charge in [-0.2, -0.15) is 0 Å². The van der Waals surface area contributed by atoms with E-state index < -0.39 is 18.0 Å². The van der Waals surface area contributed by atoms with Gasteiger partial charge in [0.1, 0.15) is 17.3 Å². The van der Waals surface area contributed by atoms with Crippen LogP contribution in [0.15, 0.2) is 36.4 Å². The molecule has 10 heteroatoms. The van der Waals surface area contributed by atoms with Crippen LogP contribution >= 0.6 is 23.2 Å². The third-order valence-corrected chi connectivity index (χ3v) is 6.96. The molecule has 33 heavy (non-hydrogen) atoms. The van der Waals surface area contributed by atoms with Gasteiger partial charge >= 0.3 is 0 Å². The van der Waals surface area contributed by atoms with Gasteiger partial charge in [0.15, 0.2) is 12.7 Å². The van der Waals surface area contributed by atoms with Gasteiger partial charge in [-0.05, 0) is 49.6 Å². The van der Waals surface area contributed by atoms with Crippen molar-refractivity contribution in [1.82, 2.24) is 10.6 Å². The molecule has 174 valence electrons. The number of halogens is 3. The van der Waals surface area contributed by atoms with E-state index >= 15 is 0 Å². The van der Waals surface area contributed by atoms with Crippen LogP contribution in [0.4, 0.5) is 4.39 Å². The fraction of sp³-hybridized carbons (Fsp3) is 0.391. The molecule has 3 fully saturated rings. The van der Waals surface area contributed by atoms with Crippen molar-refractivity contribution in [3.05, 3.63) is 57.8 Å². The molecule has 3 aliphatic carbocycles. The van der Waals surface area contributed by atoms with Crippen molar-refractivity contribution in [3.8, 4) is 11.5 Å². The maximum atomic E-state index is 13.5. The van der Waals surface area contributed by atoms with Gasteiger partial charge in [0.05, 0.1) is 11.1 Å². The van der Waals surface area contributed by atoms with Crippen molar-refractivity contribution < 1.29 is 28.6 Å². The Morgan fingerprint density at radius 3 is 2.58 bits per heavy atom. The summed E-state index contributed by atoms with van der Waals surface area (Å²) >= 11 is 11.6. The molecule has 3 saturated carbocycles. The first-order chi connectivity index (χ1) is 15.7. The molecule has 2 bridgehead atoms. The molecule has 0 saturated heterocycles. The monoisotopic (exact) mass is 494 g/mol. The number of aliphatic hydroxyl groups excluding tert-OH is 1. The van der Waals surface area contributed by atoms with Crippen molar-refractivity contribution >= 4 is 35.0 Å². The minimum atomic E-state index is -0.837. The largest absolute Gasteiger partial charge is 0.484 e. The summed E-state index contributed by atoms with van der Waals surface area (Å²) in [5, 5.41) is 16.8. The number of hydrogen-bond donors (Lipinski definition) is 3. The number of hydrogen-bond acceptors (Lipinski definition) is 5. The molecule has 6 rings (SSSR count). The van der Waals surface area contributed by atoms with Crippen LogP contribution < -0.4 is 20.1 Å². The van der Waals surface area contributed by atoms with E-state index in [4.69, 9.17) is 32.7 Å². The summed E-state index contributed by atoms with van der Waals surface area (Å²) in [5.41, 5.74) is -0.170. The predicted molar refractivity (Wildman–Crippen MR) is 118 cm³/mol. The van der Waals surface area contributed by atoms with Gasteiger partial charge in [-0.25, -0.2) is 4.39 Å². The van der Waals surface area contributed by atoms with Gasteiger partial charge in [0.25, 0.3) is 11.8 Å². The van der Waals surface area contributed by atoms with E-state index in [-0.39, 0.29) is 46.7 Å². The van der Waals surface area contributed by atoms with E-state index in [2.05, 4.69) is 10.6 Å². The van der Waals surface area contributed by atoms with Gasteiger partial charge < -0.3 is 25.2 Å². The van der Waals surface area contributed by atoms with E-state index in [0.29, 0.717) is 35.6 Å². The molecule has 2 atom stereocenters. The molecule has 2 aromatic rings. The molecular weight excluding hydrogens is 474 g/mol. The lowest BCUT2D eigenvalue weighted by molar-refractivity contribution is -0.155. The van der Waals surface area contributed by atoms with Crippen molar-refractivity contribution in [2.75, 3.05) is 6.61 Å². The number of fused-ring (bicyclic) bond motifs is 1. The SMILES string of the molecule is O=C(COc1ccc(Cl)c(F)c1)NC12CC(NC(=O)[C@H]3C[C@H](O)c4cc(Cl)ccc4O3)(C1)C2. The average molecular weight is 495 g/mol. The highest BCUT2D eigenvalue weighted by atomic mass is 35.5. The zero-order valence-corrected chi connectivity index (χ0v) is 18.9. The van der Waals surface area contributed by atoms with Crippen molar-refractivity contribution in [1.29, 1.82) is 0 Å². The van der Waals surface area contributed by atoms with Gasteiger partial charge in [-0.15, -0.1) is 0 Å². The molecule has 1 aliphatic heterocycles. The first-order valence-electron chi connectivity index (χ1n) is 10.5. The number of aliphatic hydroxyl groups is 1. The number of carbonyl (C=O) groups excluding carboxylic acids is 2. The Morgan fingerprint density at radius 2 is 1.85 bits per heavy atom. The smallest absolute Gasteiger partial charge is 0.261 e. The number of benzene rings is 2. The summed E-state index contributed by atoms with van der Waals surface area (Å²) in [5.74, 6) is -0.568. The van der Waals surface area contributed by atoms with Crippen molar-refractivity contribution in [2.24, 2.45) is 0 Å². The van der Waals surface area contributed by atoms with Crippen LogP contribution in [-0.2, 0) is 9.59 Å². The van der Waals surface area contributed by atoms with Crippen LogP contribution in [0.25, 0.3) is 0 Å². The predicted octanol–water partition coefficient (Wildman–Crippen LogP) is 3.30. The Kier molecular flexibility index (Phi) is 5.42. The highest BCUT2D eigenvalue weighted by molar-refractivity contribution is 6.31. The Bertz CT molecular complexity index is 1120. The van der Waals surface area contributed by atoms with Crippen LogP contribution in [0.5, 0.6) is 11.5 Å². The second-order valence-corrected chi connectivity index (χ2v) is 9.88. The van der Waals surface area contributed by atoms with Gasteiger partial charge in [0.2, 0.25) is 0 Å². The lowest BCUT2D eigenvalue weighted by Crippen LogP contribution is -2.84. The van der Waals surface area contributed by atoms with Crippen LogP contribution in [0.1, 0.15) is 37.4 Å². The lowest BCUT2D eigenvalue weighted by Gasteiger charge is -2.70. The summed E-state index contributed by atoms with van der Waals surface area (Å²) in [4.78, 5) is 25.0. The molecule has 2 amide bonds. The molecule has 0 radical (unpaired) electrons. The van der Waals surface area contributed by atoms with Crippen molar-refractivity contribution in [3.63, 3.8) is 0 Å². The zero-order chi connectivity index (χ0) is 23.4. The van der Waals surface area contributed by atoms with E-state index in [1.807, 2.05) is 0 Å². The number of carbonyl (C=O) groups is 2. The molecule has 2 aromatic carbocycles. The minimum Gasteiger partial charge on any atom is -0.484 e. The lowest BCUT2D eigenvalue weighted by atomic mass is 9.44. The van der Waals surface area contributed by atoms with Crippen LogP contribution in [-0.4, -0.2) is 40.7 Å². The Balaban J connectivity index is 1.10. The molecule has 4 aliphatic rings. The summed E-state index contributed by atoms with van der Waals surface area (Å²) in [6, 6.07) is 8.90. The van der Waals surface area contributed by atoms with Crippen LogP contribution in [0.2, 0.25) is 10.0 Å². The highest BCUT2D eigenvalue weighted by Crippen LogP contribution is 2.60. The molecular formula is C23H21Cl2FN2O5. The number of nitrogens with one attached hydrogen (secondary N) is 2. The number of amides is 2. The topological polar surface area (TPSA) is 96.9 Å². The maximum absolute atomic E-state index is 13.5. The third-order valence-electron chi connectivity index (χ3n) is 6.41. The van der Waals surface area contributed by atoms with E-state index in [1.54, 1.807) is 18.2 Å². The third kappa shape index (κ3) is 4.23. The van der Waals surface area contributed by atoms with E-state index in [0.717, 1.165) is 6.07 Å². The number of ether oxygens (including phenoxy) is 2. The fourth-order valence-corrected chi connectivity index (χ4v) is 5.32. The van der Waals surface area contributed by atoms with Gasteiger partial charge in [0, 0.05) is 34.2 Å². The normalized spacial score (nSPS) is 29.0. The molecule has 7 nitrogen and oxygen atoms in total. The van der Waals surface area contributed by atoms with Gasteiger partial charge in [-0.3, -0.25) is 9.59 Å². The molecule has 1 heterocycles. The Labute approximate surface area is 199 Å². The number of rotatable bonds is 6. The van der Waals surface area contributed by atoms with Gasteiger partial charge in [-0.1, -0.05) is 23.2 Å². The van der Waals surface area contributed by atoms with Crippen LogP contribution in [0.3, 0.4) is 0 Å². The molecule has 0 unspecified atom stereocenters. The van der Waals surface area contributed by atoms with E-state index in [9.17, 15) is 19.1 Å². The minimum absolute atomic E-state index is 0.0187. The zero-order valence-electron chi connectivity index (χ0n) is 17.4. The summed E-state index contributed by atoms with van der Waals surface area (Å²) in [6.07, 6.45) is 0.314. The summed E-state index contributed by atoms with van der Waals surface area (Å²) in [7, 11) is 0. The second-order valence-electron chi connectivity index (χ2n) is 9.03. The summed E-state index contributed by atoms with van der Waals surface area (Å²) < 4.78 is 24.6. The highest BCUT2D eigenvalue weighted by Gasteiger charge is 2.69. The second kappa shape index (κ2) is 8.04. The average Bonchev–Trinajstić information content (AvgIpc) is 2.72. The maximum Gasteiger partial charge on any atom is 0.261 e. The standard InChI is InChI=1S/C23H21Cl2FN2O5/c24-12-1-4-18-14(5-12)17(29)7-19(33-18)21(31)28-23-9-22(10-23,11-23)27-20(30)8-32-13-2-3-15(25)16(26)6-13/h1-6,17,19,29H,7-11H2,(H,27,30)(H,28,31)/t17-,19+,22?,23?/m0/s1. The first kappa shape index (κ1) is 22.3. The Morgan fingerprint density at radius 1 is 1.12 bits per heavy atom. The van der Waals surface area contributed by atoms with Crippen LogP contribution in [0, 0.1) is 5.82 Å². The molecule has 0 spiro atoms. The fourth-order valence-electron chi connectivity index (χ4n) is 5.02. The molecule has 3 N–H and O–H groups in total.